The molecule has 1 aromatic rings. The van der Waals surface area contributed by atoms with Crippen LogP contribution in [0.25, 0.3) is 0 Å². The monoisotopic (exact) mass is 360 g/mol. The van der Waals surface area contributed by atoms with E-state index in [9.17, 15) is 18.0 Å². The van der Waals surface area contributed by atoms with Crippen molar-refractivity contribution >= 4 is 37.6 Å². The summed E-state index contributed by atoms with van der Waals surface area (Å²) in [6.07, 6.45) is -4.78. The Kier molecular flexibility index (Phi) is 4.01. The van der Waals surface area contributed by atoms with Gasteiger partial charge in [-0.1, -0.05) is 0 Å². The molecule has 0 fully saturated rings. The van der Waals surface area contributed by atoms with Gasteiger partial charge in [-0.05, 0) is 50.9 Å². The van der Waals surface area contributed by atoms with Gasteiger partial charge in [0.2, 0.25) is 0 Å². The number of Topliss-reactive ketones (excluding diaryl/α,β-unsaturated/α-hetero) is 1. The Balaban J connectivity index is 3.18. The number of carbonyl (C=O) groups is 1. The van der Waals surface area contributed by atoms with Gasteiger partial charge in [-0.2, -0.15) is 0 Å². The molecule has 0 aliphatic heterocycles. The predicted molar refractivity (Wildman–Crippen MR) is 58.5 cm³/mol. The van der Waals surface area contributed by atoms with Crippen molar-refractivity contribution in [1.29, 1.82) is 0 Å². The third-order valence-electron chi connectivity index (χ3n) is 1.62. The average Bonchev–Trinajstić information content (AvgIpc) is 2.09. The van der Waals surface area contributed by atoms with Crippen molar-refractivity contribution < 1.29 is 22.7 Å². The maximum Gasteiger partial charge on any atom is 0.573 e. The van der Waals surface area contributed by atoms with E-state index in [0.29, 0.717) is 0 Å². The van der Waals surface area contributed by atoms with Gasteiger partial charge in [-0.25, -0.2) is 0 Å². The summed E-state index contributed by atoms with van der Waals surface area (Å²) >= 11 is 5.82. The zero-order chi connectivity index (χ0) is 12.5. The second-order valence-corrected chi connectivity index (χ2v) is 4.58. The lowest BCUT2D eigenvalue weighted by Gasteiger charge is -2.13. The van der Waals surface area contributed by atoms with E-state index in [-0.39, 0.29) is 20.3 Å². The van der Waals surface area contributed by atoms with Crippen molar-refractivity contribution in [1.82, 2.24) is 0 Å². The summed E-state index contributed by atoms with van der Waals surface area (Å²) in [5.41, 5.74) is 0.285. The fraction of sp³-hybridized carbons (Fsp3) is 0.222. The lowest BCUT2D eigenvalue weighted by atomic mass is 10.1. The van der Waals surface area contributed by atoms with Crippen LogP contribution in [0.4, 0.5) is 13.2 Å². The van der Waals surface area contributed by atoms with Gasteiger partial charge in [-0.15, -0.1) is 13.2 Å². The predicted octanol–water partition coefficient (Wildman–Crippen LogP) is 4.31. The highest BCUT2D eigenvalue weighted by Crippen LogP contribution is 2.38. The van der Waals surface area contributed by atoms with Crippen LogP contribution in [0.1, 0.15) is 17.3 Å². The van der Waals surface area contributed by atoms with Crippen molar-refractivity contribution in [2.24, 2.45) is 0 Å². The highest BCUT2D eigenvalue weighted by molar-refractivity contribution is 9.11. The zero-order valence-corrected chi connectivity index (χ0v) is 11.0. The molecule has 0 spiro atoms. The number of ketones is 1. The van der Waals surface area contributed by atoms with Crippen molar-refractivity contribution in [2.45, 2.75) is 13.3 Å². The summed E-state index contributed by atoms with van der Waals surface area (Å²) in [4.78, 5) is 11.0. The summed E-state index contributed by atoms with van der Waals surface area (Å²) in [7, 11) is 0. The van der Waals surface area contributed by atoms with Gasteiger partial charge >= 0.3 is 6.36 Å². The third kappa shape index (κ3) is 3.48. The molecule has 0 saturated heterocycles. The molecule has 0 aliphatic rings. The molecule has 0 radical (unpaired) electrons. The van der Waals surface area contributed by atoms with Crippen LogP contribution in [0.15, 0.2) is 21.1 Å². The number of carbonyl (C=O) groups excluding carboxylic acids is 1. The number of hydrogen-bond acceptors (Lipinski definition) is 2. The summed E-state index contributed by atoms with van der Waals surface area (Å²) in [6, 6.07) is 2.54. The fourth-order valence-electron chi connectivity index (χ4n) is 0.976. The quantitative estimate of drug-likeness (QED) is 0.733. The Bertz CT molecular complexity index is 406. The first-order valence-electron chi connectivity index (χ1n) is 3.96. The van der Waals surface area contributed by atoms with Gasteiger partial charge in [-0.3, -0.25) is 4.79 Å². The molecule has 0 amide bonds. The molecule has 0 saturated carbocycles. The lowest BCUT2D eigenvalue weighted by Crippen LogP contribution is -2.18. The standard InChI is InChI=1S/C9H5Br2F3O2/c1-4(15)5-2-6(10)8(7(11)3-5)16-9(12,13)14/h2-3H,1H3. The molecular weight excluding hydrogens is 357 g/mol. The first-order valence-corrected chi connectivity index (χ1v) is 5.55. The Morgan fingerprint density at radius 3 is 2.00 bits per heavy atom. The highest BCUT2D eigenvalue weighted by Gasteiger charge is 2.33. The van der Waals surface area contributed by atoms with E-state index >= 15 is 0 Å². The molecule has 0 N–H and O–H groups in total. The normalized spacial score (nSPS) is 11.4. The second kappa shape index (κ2) is 4.75. The van der Waals surface area contributed by atoms with E-state index in [2.05, 4.69) is 36.6 Å². The molecule has 0 bridgehead atoms. The molecule has 16 heavy (non-hydrogen) atoms. The molecule has 7 heteroatoms. The Hall–Kier alpha value is -0.560. The minimum Gasteiger partial charge on any atom is -0.403 e. The maximum atomic E-state index is 12.0. The van der Waals surface area contributed by atoms with E-state index in [0.717, 1.165) is 0 Å². The van der Waals surface area contributed by atoms with Gasteiger partial charge in [0.15, 0.2) is 11.5 Å². The van der Waals surface area contributed by atoms with Crippen LogP contribution < -0.4 is 4.74 Å². The van der Waals surface area contributed by atoms with Crippen molar-refractivity contribution in [2.75, 3.05) is 0 Å². The van der Waals surface area contributed by atoms with Crippen LogP contribution in [0.2, 0.25) is 0 Å². The first-order chi connectivity index (χ1) is 7.20. The number of hydrogen-bond donors (Lipinski definition) is 0. The fourth-order valence-corrected chi connectivity index (χ4v) is 2.32. The smallest absolute Gasteiger partial charge is 0.403 e. The highest BCUT2D eigenvalue weighted by atomic mass is 79.9. The van der Waals surface area contributed by atoms with Gasteiger partial charge < -0.3 is 4.74 Å². The summed E-state index contributed by atoms with van der Waals surface area (Å²) in [5.74, 6) is -0.655. The Labute approximate surface area is 106 Å². The molecule has 0 atom stereocenters. The molecule has 1 rings (SSSR count). The molecule has 0 aromatic heterocycles. The van der Waals surface area contributed by atoms with E-state index in [1.165, 1.54) is 19.1 Å². The van der Waals surface area contributed by atoms with Gasteiger partial charge in [0.05, 0.1) is 8.95 Å². The van der Waals surface area contributed by atoms with E-state index in [4.69, 9.17) is 0 Å². The maximum absolute atomic E-state index is 12.0. The molecule has 2 nitrogen and oxygen atoms in total. The zero-order valence-electron chi connectivity index (χ0n) is 7.86. The number of alkyl halides is 3. The number of halogens is 5. The van der Waals surface area contributed by atoms with Crippen LogP contribution in [0.3, 0.4) is 0 Å². The molecule has 1 aromatic carbocycles. The van der Waals surface area contributed by atoms with Gasteiger partial charge in [0.1, 0.15) is 0 Å². The lowest BCUT2D eigenvalue weighted by molar-refractivity contribution is -0.275. The van der Waals surface area contributed by atoms with Crippen molar-refractivity contribution in [3.05, 3.63) is 26.6 Å². The summed E-state index contributed by atoms with van der Waals surface area (Å²) in [6.45, 7) is 1.32. The third-order valence-corrected chi connectivity index (χ3v) is 2.80. The van der Waals surface area contributed by atoms with Crippen LogP contribution in [-0.4, -0.2) is 12.1 Å². The van der Waals surface area contributed by atoms with Crippen LogP contribution >= 0.6 is 31.9 Å². The topological polar surface area (TPSA) is 26.3 Å². The van der Waals surface area contributed by atoms with Crippen molar-refractivity contribution in [3.8, 4) is 5.75 Å². The summed E-state index contributed by atoms with van der Waals surface area (Å²) < 4.78 is 40.0. The SMILES string of the molecule is CC(=O)c1cc(Br)c(OC(F)(F)F)c(Br)c1. The van der Waals surface area contributed by atoms with E-state index < -0.39 is 12.1 Å². The minimum absolute atomic E-state index is 0.0596. The van der Waals surface area contributed by atoms with E-state index in [1.54, 1.807) is 0 Å². The number of ether oxygens (including phenoxy) is 1. The van der Waals surface area contributed by atoms with E-state index in [1.807, 2.05) is 0 Å². The van der Waals surface area contributed by atoms with Gasteiger partial charge in [0.25, 0.3) is 0 Å². The second-order valence-electron chi connectivity index (χ2n) is 2.87. The molecule has 0 unspecified atom stereocenters. The minimum atomic E-state index is -4.78. The van der Waals surface area contributed by atoms with Crippen molar-refractivity contribution in [3.63, 3.8) is 0 Å². The molecule has 88 valence electrons. The summed E-state index contributed by atoms with van der Waals surface area (Å²) in [5, 5.41) is 0. The Morgan fingerprint density at radius 2 is 1.69 bits per heavy atom. The Morgan fingerprint density at radius 1 is 1.25 bits per heavy atom. The van der Waals surface area contributed by atoms with Crippen LogP contribution in [0, 0.1) is 0 Å². The molecule has 0 aliphatic carbocycles. The molecule has 0 heterocycles. The van der Waals surface area contributed by atoms with Gasteiger partial charge in [0, 0.05) is 5.56 Å². The van der Waals surface area contributed by atoms with Crippen LogP contribution in [0.5, 0.6) is 5.75 Å². The van der Waals surface area contributed by atoms with Crippen LogP contribution in [-0.2, 0) is 0 Å². The number of rotatable bonds is 2. The largest absolute Gasteiger partial charge is 0.573 e. The average molecular weight is 362 g/mol. The molecular formula is C9H5Br2F3O2. The first kappa shape index (κ1) is 13.5. The number of benzene rings is 1.